The highest BCUT2D eigenvalue weighted by Crippen LogP contribution is 2.20. The van der Waals surface area contributed by atoms with Crippen molar-refractivity contribution in [3.8, 4) is 0 Å². The highest BCUT2D eigenvalue weighted by Gasteiger charge is 2.27. The van der Waals surface area contributed by atoms with E-state index in [0.29, 0.717) is 19.3 Å². The molecule has 144 valence electrons. The van der Waals surface area contributed by atoms with Gasteiger partial charge in [0.1, 0.15) is 6.29 Å². The number of benzene rings is 1. The maximum atomic E-state index is 11.9. The molecule has 7 nitrogen and oxygen atoms in total. The molecular formula is C19H23N3O4S. The Morgan fingerprint density at radius 2 is 2.15 bits per heavy atom. The van der Waals surface area contributed by atoms with Gasteiger partial charge in [-0.3, -0.25) is 14.4 Å². The number of thioether (sulfide) groups is 1. The lowest BCUT2D eigenvalue weighted by Crippen LogP contribution is -2.43. The van der Waals surface area contributed by atoms with E-state index in [1.807, 2.05) is 30.5 Å². The predicted octanol–water partition coefficient (Wildman–Crippen LogP) is 0.748. The zero-order valence-electron chi connectivity index (χ0n) is 15.1. The van der Waals surface area contributed by atoms with Gasteiger partial charge in [-0.1, -0.05) is 18.2 Å². The first-order valence-electron chi connectivity index (χ1n) is 8.64. The minimum Gasteiger partial charge on any atom is -0.356 e. The van der Waals surface area contributed by atoms with Gasteiger partial charge in [0.2, 0.25) is 17.7 Å². The van der Waals surface area contributed by atoms with Crippen molar-refractivity contribution in [2.24, 2.45) is 5.92 Å². The van der Waals surface area contributed by atoms with E-state index in [2.05, 4.69) is 16.0 Å². The van der Waals surface area contributed by atoms with Crippen LogP contribution in [0, 0.1) is 5.92 Å². The number of hydrogen-bond donors (Lipinski definition) is 3. The lowest BCUT2D eigenvalue weighted by atomic mass is 9.99. The summed E-state index contributed by atoms with van der Waals surface area (Å²) in [6.07, 6.45) is 6.53. The fourth-order valence-electron chi connectivity index (χ4n) is 2.78. The summed E-state index contributed by atoms with van der Waals surface area (Å²) in [6, 6.07) is 6.92. The number of nitrogens with one attached hydrogen (secondary N) is 3. The third kappa shape index (κ3) is 6.56. The Hall–Kier alpha value is -2.61. The van der Waals surface area contributed by atoms with E-state index >= 15 is 0 Å². The third-order valence-corrected chi connectivity index (χ3v) is 5.00. The van der Waals surface area contributed by atoms with Crippen molar-refractivity contribution in [2.45, 2.75) is 23.8 Å². The van der Waals surface area contributed by atoms with E-state index in [9.17, 15) is 19.2 Å². The molecule has 3 amide bonds. The molecule has 27 heavy (non-hydrogen) atoms. The first kappa shape index (κ1) is 20.7. The Bertz CT molecular complexity index is 735. The van der Waals surface area contributed by atoms with Gasteiger partial charge in [-0.2, -0.15) is 0 Å². The van der Waals surface area contributed by atoms with Crippen molar-refractivity contribution >= 4 is 41.8 Å². The number of rotatable bonds is 9. The molecule has 1 aliphatic heterocycles. The first-order chi connectivity index (χ1) is 13.0. The van der Waals surface area contributed by atoms with Crippen LogP contribution in [-0.4, -0.2) is 49.4 Å². The number of amides is 3. The minimum atomic E-state index is -0.743. The SMILES string of the molecule is CSc1ccccc1/C=C/C(=O)NCC(=O)NC(C=O)CC1CCNC1=O. The van der Waals surface area contributed by atoms with Crippen LogP contribution in [0.25, 0.3) is 6.08 Å². The van der Waals surface area contributed by atoms with Gasteiger partial charge in [0, 0.05) is 23.4 Å². The van der Waals surface area contributed by atoms with Crippen LogP contribution in [0.2, 0.25) is 0 Å². The van der Waals surface area contributed by atoms with Gasteiger partial charge >= 0.3 is 0 Å². The van der Waals surface area contributed by atoms with Crippen molar-refractivity contribution in [3.63, 3.8) is 0 Å². The van der Waals surface area contributed by atoms with Gasteiger partial charge in [0.15, 0.2) is 0 Å². The zero-order valence-corrected chi connectivity index (χ0v) is 15.9. The fraction of sp³-hybridized carbons (Fsp3) is 0.368. The molecule has 0 aliphatic carbocycles. The number of aldehydes is 1. The molecule has 2 rings (SSSR count). The van der Waals surface area contributed by atoms with Crippen LogP contribution in [0.15, 0.2) is 35.2 Å². The Morgan fingerprint density at radius 1 is 1.37 bits per heavy atom. The largest absolute Gasteiger partial charge is 0.356 e. The topological polar surface area (TPSA) is 104 Å². The van der Waals surface area contributed by atoms with Crippen LogP contribution < -0.4 is 16.0 Å². The fourth-order valence-corrected chi connectivity index (χ4v) is 3.37. The molecule has 0 saturated carbocycles. The average molecular weight is 389 g/mol. The molecular weight excluding hydrogens is 366 g/mol. The molecule has 1 heterocycles. The van der Waals surface area contributed by atoms with E-state index in [1.165, 1.54) is 6.08 Å². The van der Waals surface area contributed by atoms with Crippen LogP contribution in [0.3, 0.4) is 0 Å². The molecule has 1 saturated heterocycles. The van der Waals surface area contributed by atoms with Gasteiger partial charge in [0.25, 0.3) is 0 Å². The minimum absolute atomic E-state index is 0.0972. The normalized spacial score (nSPS) is 17.4. The molecule has 2 unspecified atom stereocenters. The average Bonchev–Trinajstić information content (AvgIpc) is 3.08. The molecule has 3 N–H and O–H groups in total. The smallest absolute Gasteiger partial charge is 0.244 e. The molecule has 0 radical (unpaired) electrons. The van der Waals surface area contributed by atoms with Crippen molar-refractivity contribution in [2.75, 3.05) is 19.3 Å². The van der Waals surface area contributed by atoms with Crippen LogP contribution in [-0.2, 0) is 19.2 Å². The molecule has 1 aromatic rings. The molecule has 8 heteroatoms. The van der Waals surface area contributed by atoms with Gasteiger partial charge in [-0.25, -0.2) is 0 Å². The van der Waals surface area contributed by atoms with Crippen LogP contribution in [0.1, 0.15) is 18.4 Å². The van der Waals surface area contributed by atoms with E-state index < -0.39 is 17.9 Å². The Morgan fingerprint density at radius 3 is 2.81 bits per heavy atom. The number of carbonyl (C=O) groups excluding carboxylic acids is 4. The first-order valence-corrected chi connectivity index (χ1v) is 9.87. The Kier molecular flexibility index (Phi) is 8.06. The van der Waals surface area contributed by atoms with Crippen LogP contribution >= 0.6 is 11.8 Å². The quantitative estimate of drug-likeness (QED) is 0.328. The summed E-state index contributed by atoms with van der Waals surface area (Å²) >= 11 is 1.58. The van der Waals surface area contributed by atoms with E-state index in [4.69, 9.17) is 0 Å². The molecule has 2 atom stereocenters. The molecule has 1 fully saturated rings. The second-order valence-corrected chi connectivity index (χ2v) is 6.96. The maximum Gasteiger partial charge on any atom is 0.244 e. The van der Waals surface area contributed by atoms with Gasteiger partial charge < -0.3 is 20.7 Å². The molecule has 0 bridgehead atoms. The summed E-state index contributed by atoms with van der Waals surface area (Å²) in [5.74, 6) is -1.25. The molecule has 0 spiro atoms. The highest BCUT2D eigenvalue weighted by molar-refractivity contribution is 7.98. The predicted molar refractivity (Wildman–Crippen MR) is 104 cm³/mol. The van der Waals surface area contributed by atoms with Crippen molar-refractivity contribution < 1.29 is 19.2 Å². The second kappa shape index (κ2) is 10.5. The Labute approximate surface area is 162 Å². The van der Waals surface area contributed by atoms with Crippen LogP contribution in [0.5, 0.6) is 0 Å². The van der Waals surface area contributed by atoms with Crippen LogP contribution in [0.4, 0.5) is 0 Å². The molecule has 1 aliphatic rings. The lowest BCUT2D eigenvalue weighted by Gasteiger charge is -2.15. The second-order valence-electron chi connectivity index (χ2n) is 6.12. The van der Waals surface area contributed by atoms with E-state index in [0.717, 1.165) is 10.5 Å². The summed E-state index contributed by atoms with van der Waals surface area (Å²) in [5.41, 5.74) is 0.917. The summed E-state index contributed by atoms with van der Waals surface area (Å²) < 4.78 is 0. The highest BCUT2D eigenvalue weighted by atomic mass is 32.2. The van der Waals surface area contributed by atoms with E-state index in [-0.39, 0.29) is 24.8 Å². The van der Waals surface area contributed by atoms with Crippen molar-refractivity contribution in [3.05, 3.63) is 35.9 Å². The van der Waals surface area contributed by atoms with E-state index in [1.54, 1.807) is 17.8 Å². The monoisotopic (exact) mass is 389 g/mol. The van der Waals surface area contributed by atoms with Gasteiger partial charge in [-0.15, -0.1) is 11.8 Å². The summed E-state index contributed by atoms with van der Waals surface area (Å²) in [7, 11) is 0. The number of carbonyl (C=O) groups is 4. The lowest BCUT2D eigenvalue weighted by molar-refractivity contribution is -0.126. The maximum absolute atomic E-state index is 11.9. The standard InChI is InChI=1S/C19H23N3O4S/c1-27-16-5-3-2-4-13(16)6-7-17(24)21-11-18(25)22-15(12-23)10-14-8-9-20-19(14)26/h2-7,12,14-15H,8-11H2,1H3,(H,20,26)(H,21,24)(H,22,25)/b7-6+. The van der Waals surface area contributed by atoms with Crippen molar-refractivity contribution in [1.29, 1.82) is 0 Å². The molecule has 1 aromatic carbocycles. The van der Waals surface area contributed by atoms with Crippen molar-refractivity contribution in [1.82, 2.24) is 16.0 Å². The zero-order chi connectivity index (χ0) is 19.6. The summed E-state index contributed by atoms with van der Waals surface area (Å²) in [4.78, 5) is 47.6. The number of hydrogen-bond acceptors (Lipinski definition) is 5. The van der Waals surface area contributed by atoms with Gasteiger partial charge in [-0.05, 0) is 36.8 Å². The molecule has 0 aromatic heterocycles. The Balaban J connectivity index is 1.78. The third-order valence-electron chi connectivity index (χ3n) is 4.19. The van der Waals surface area contributed by atoms with Gasteiger partial charge in [0.05, 0.1) is 12.6 Å². The summed E-state index contributed by atoms with van der Waals surface area (Å²) in [6.45, 7) is 0.347. The summed E-state index contributed by atoms with van der Waals surface area (Å²) in [5, 5.41) is 7.71.